The minimum absolute atomic E-state index is 0.0972. The second kappa shape index (κ2) is 6.06. The summed E-state index contributed by atoms with van der Waals surface area (Å²) in [6, 6.07) is 8.35. The fraction of sp³-hybridized carbons (Fsp3) is 0.588. The summed E-state index contributed by atoms with van der Waals surface area (Å²) in [4.78, 5) is 16.3. The Morgan fingerprint density at radius 3 is 2.71 bits per heavy atom. The SMILES string of the molecule is C[C@@H](N)C(=O)N1CCC(CN2CCc3ccccc32)CC1. The fourth-order valence-electron chi connectivity index (χ4n) is 3.53. The van der Waals surface area contributed by atoms with Crippen molar-refractivity contribution in [3.05, 3.63) is 29.8 Å². The van der Waals surface area contributed by atoms with Crippen LogP contribution in [0.25, 0.3) is 0 Å². The van der Waals surface area contributed by atoms with Crippen molar-refractivity contribution in [2.24, 2.45) is 11.7 Å². The van der Waals surface area contributed by atoms with E-state index in [1.165, 1.54) is 11.3 Å². The van der Waals surface area contributed by atoms with Crippen LogP contribution in [-0.4, -0.2) is 43.0 Å². The van der Waals surface area contributed by atoms with Crippen LogP contribution < -0.4 is 10.6 Å². The average Bonchev–Trinajstić information content (AvgIpc) is 2.91. The van der Waals surface area contributed by atoms with Gasteiger partial charge < -0.3 is 15.5 Å². The Labute approximate surface area is 126 Å². The van der Waals surface area contributed by atoms with Crippen molar-refractivity contribution in [3.8, 4) is 0 Å². The minimum Gasteiger partial charge on any atom is -0.371 e. The molecule has 114 valence electrons. The molecule has 2 aliphatic heterocycles. The van der Waals surface area contributed by atoms with Gasteiger partial charge in [-0.25, -0.2) is 0 Å². The summed E-state index contributed by atoms with van der Waals surface area (Å²) in [6.07, 6.45) is 3.35. The number of rotatable bonds is 3. The van der Waals surface area contributed by atoms with E-state index in [0.29, 0.717) is 5.92 Å². The van der Waals surface area contributed by atoms with Crippen molar-refractivity contribution in [1.82, 2.24) is 4.90 Å². The fourth-order valence-corrected chi connectivity index (χ4v) is 3.53. The molecule has 2 heterocycles. The first-order valence-corrected chi connectivity index (χ1v) is 8.02. The number of hydrogen-bond acceptors (Lipinski definition) is 3. The van der Waals surface area contributed by atoms with E-state index in [4.69, 9.17) is 5.73 Å². The van der Waals surface area contributed by atoms with Crippen molar-refractivity contribution in [2.75, 3.05) is 31.1 Å². The largest absolute Gasteiger partial charge is 0.371 e. The van der Waals surface area contributed by atoms with Gasteiger partial charge in [-0.15, -0.1) is 0 Å². The normalized spacial score (nSPS) is 20.5. The molecule has 3 rings (SSSR count). The number of benzene rings is 1. The first-order valence-electron chi connectivity index (χ1n) is 8.02. The minimum atomic E-state index is -0.369. The summed E-state index contributed by atoms with van der Waals surface area (Å²) < 4.78 is 0. The number of likely N-dealkylation sites (tertiary alicyclic amines) is 1. The van der Waals surface area contributed by atoms with Crippen molar-refractivity contribution in [2.45, 2.75) is 32.2 Å². The maximum atomic E-state index is 11.9. The predicted molar refractivity (Wildman–Crippen MR) is 85.3 cm³/mol. The van der Waals surface area contributed by atoms with Gasteiger partial charge in [0.1, 0.15) is 0 Å². The Morgan fingerprint density at radius 1 is 1.29 bits per heavy atom. The molecule has 1 aromatic rings. The highest BCUT2D eigenvalue weighted by Crippen LogP contribution is 2.30. The zero-order chi connectivity index (χ0) is 14.8. The zero-order valence-corrected chi connectivity index (χ0v) is 12.8. The molecule has 1 saturated heterocycles. The van der Waals surface area contributed by atoms with E-state index in [9.17, 15) is 4.79 Å². The first kappa shape index (κ1) is 14.4. The van der Waals surface area contributed by atoms with Gasteiger partial charge in [0, 0.05) is 31.9 Å². The van der Waals surface area contributed by atoms with Crippen molar-refractivity contribution in [1.29, 1.82) is 0 Å². The van der Waals surface area contributed by atoms with E-state index in [1.54, 1.807) is 6.92 Å². The van der Waals surface area contributed by atoms with Gasteiger partial charge in [-0.2, -0.15) is 0 Å². The molecular formula is C17H25N3O. The molecule has 0 unspecified atom stereocenters. The third-order valence-electron chi connectivity index (χ3n) is 4.78. The van der Waals surface area contributed by atoms with Crippen molar-refractivity contribution in [3.63, 3.8) is 0 Å². The summed E-state index contributed by atoms with van der Waals surface area (Å²) >= 11 is 0. The molecule has 0 saturated carbocycles. The van der Waals surface area contributed by atoms with Crippen LogP contribution in [-0.2, 0) is 11.2 Å². The van der Waals surface area contributed by atoms with E-state index < -0.39 is 0 Å². The Balaban J connectivity index is 1.54. The van der Waals surface area contributed by atoms with E-state index in [1.807, 2.05) is 4.90 Å². The number of nitrogens with two attached hydrogens (primary N) is 1. The highest BCUT2D eigenvalue weighted by atomic mass is 16.2. The molecule has 2 N–H and O–H groups in total. The van der Waals surface area contributed by atoms with Crippen LogP contribution >= 0.6 is 0 Å². The summed E-state index contributed by atoms with van der Waals surface area (Å²) in [5, 5.41) is 0. The number of fused-ring (bicyclic) bond motifs is 1. The van der Waals surface area contributed by atoms with Crippen LogP contribution in [0.2, 0.25) is 0 Å². The van der Waals surface area contributed by atoms with Gasteiger partial charge in [0.05, 0.1) is 6.04 Å². The molecule has 21 heavy (non-hydrogen) atoms. The average molecular weight is 287 g/mol. The Hall–Kier alpha value is -1.55. The number of carbonyl (C=O) groups is 1. The summed E-state index contributed by atoms with van der Waals surface area (Å²) in [5.41, 5.74) is 8.57. The number of carbonyl (C=O) groups excluding carboxylic acids is 1. The highest BCUT2D eigenvalue weighted by molar-refractivity contribution is 5.81. The number of amides is 1. The number of para-hydroxylation sites is 1. The first-order chi connectivity index (χ1) is 10.1. The quantitative estimate of drug-likeness (QED) is 0.919. The molecule has 4 heteroatoms. The Bertz CT molecular complexity index is 507. The zero-order valence-electron chi connectivity index (χ0n) is 12.8. The van der Waals surface area contributed by atoms with Gasteiger partial charge in [0.15, 0.2) is 0 Å². The van der Waals surface area contributed by atoms with E-state index in [-0.39, 0.29) is 11.9 Å². The maximum absolute atomic E-state index is 11.9. The van der Waals surface area contributed by atoms with Gasteiger partial charge in [-0.05, 0) is 43.7 Å². The van der Waals surface area contributed by atoms with Crippen LogP contribution in [0.3, 0.4) is 0 Å². The molecule has 0 aliphatic carbocycles. The predicted octanol–water partition coefficient (Wildman–Crippen LogP) is 1.63. The third-order valence-corrected chi connectivity index (χ3v) is 4.78. The molecule has 1 fully saturated rings. The molecule has 0 aromatic heterocycles. The smallest absolute Gasteiger partial charge is 0.239 e. The van der Waals surface area contributed by atoms with Gasteiger partial charge >= 0.3 is 0 Å². The van der Waals surface area contributed by atoms with E-state index in [0.717, 1.165) is 45.4 Å². The Morgan fingerprint density at radius 2 is 2.00 bits per heavy atom. The molecule has 1 amide bonds. The van der Waals surface area contributed by atoms with Crippen LogP contribution in [0.15, 0.2) is 24.3 Å². The monoisotopic (exact) mass is 287 g/mol. The molecule has 2 aliphatic rings. The second-order valence-electron chi connectivity index (χ2n) is 6.38. The van der Waals surface area contributed by atoms with E-state index in [2.05, 4.69) is 29.2 Å². The lowest BCUT2D eigenvalue weighted by Gasteiger charge is -2.35. The second-order valence-corrected chi connectivity index (χ2v) is 6.38. The molecule has 0 bridgehead atoms. The van der Waals surface area contributed by atoms with Crippen molar-refractivity contribution < 1.29 is 4.79 Å². The molecule has 0 spiro atoms. The highest BCUT2D eigenvalue weighted by Gasteiger charge is 2.27. The number of hydrogen-bond donors (Lipinski definition) is 1. The number of nitrogens with zero attached hydrogens (tertiary/aromatic N) is 2. The lowest BCUT2D eigenvalue weighted by molar-refractivity contribution is -0.133. The van der Waals surface area contributed by atoms with Crippen LogP contribution in [0.5, 0.6) is 0 Å². The van der Waals surface area contributed by atoms with Crippen molar-refractivity contribution >= 4 is 11.6 Å². The maximum Gasteiger partial charge on any atom is 0.239 e. The molecule has 4 nitrogen and oxygen atoms in total. The number of anilines is 1. The van der Waals surface area contributed by atoms with Gasteiger partial charge in [0.25, 0.3) is 0 Å². The molecule has 1 atom stereocenters. The number of piperidine rings is 1. The molecule has 1 aromatic carbocycles. The van der Waals surface area contributed by atoms with Crippen LogP contribution in [0.4, 0.5) is 5.69 Å². The van der Waals surface area contributed by atoms with Crippen LogP contribution in [0, 0.1) is 5.92 Å². The van der Waals surface area contributed by atoms with Gasteiger partial charge in [-0.1, -0.05) is 18.2 Å². The van der Waals surface area contributed by atoms with Crippen LogP contribution in [0.1, 0.15) is 25.3 Å². The van der Waals surface area contributed by atoms with Gasteiger partial charge in [-0.3, -0.25) is 4.79 Å². The topological polar surface area (TPSA) is 49.6 Å². The lowest BCUT2D eigenvalue weighted by atomic mass is 9.95. The van der Waals surface area contributed by atoms with E-state index >= 15 is 0 Å². The summed E-state index contributed by atoms with van der Waals surface area (Å²) in [5.74, 6) is 0.785. The molecule has 0 radical (unpaired) electrons. The summed E-state index contributed by atoms with van der Waals surface area (Å²) in [7, 11) is 0. The summed E-state index contributed by atoms with van der Waals surface area (Å²) in [6.45, 7) is 5.76. The third kappa shape index (κ3) is 3.05. The Kier molecular flexibility index (Phi) is 4.15. The lowest BCUT2D eigenvalue weighted by Crippen LogP contribution is -2.47. The molecular weight excluding hydrogens is 262 g/mol. The standard InChI is InChI=1S/C17H25N3O/c1-13(18)17(21)19-9-6-14(7-10-19)12-20-11-8-15-4-2-3-5-16(15)20/h2-5,13-14H,6-12,18H2,1H3/t13-/m1/s1. The van der Waals surface area contributed by atoms with Gasteiger partial charge in [0.2, 0.25) is 5.91 Å².